The minimum Gasteiger partial charge on any atom is -0.406 e. The van der Waals surface area contributed by atoms with Crippen molar-refractivity contribution in [1.82, 2.24) is 14.3 Å². The number of halogens is 3. The first kappa shape index (κ1) is 18.2. The summed E-state index contributed by atoms with van der Waals surface area (Å²) in [7, 11) is 1.68. The molecule has 27 heavy (non-hydrogen) atoms. The van der Waals surface area contributed by atoms with E-state index in [0.717, 1.165) is 12.1 Å². The van der Waals surface area contributed by atoms with Crippen LogP contribution >= 0.6 is 0 Å². The van der Waals surface area contributed by atoms with Crippen molar-refractivity contribution in [3.05, 3.63) is 66.1 Å². The average molecular weight is 378 g/mol. The van der Waals surface area contributed by atoms with Crippen LogP contribution in [-0.2, 0) is 11.9 Å². The van der Waals surface area contributed by atoms with E-state index < -0.39 is 12.3 Å². The Labute approximate surface area is 151 Å². The van der Waals surface area contributed by atoms with Gasteiger partial charge in [0.25, 0.3) is 0 Å². The van der Waals surface area contributed by atoms with Crippen molar-refractivity contribution in [2.24, 2.45) is 12.2 Å². The molecule has 0 unspecified atom stereocenters. The molecule has 0 saturated heterocycles. The molecular formula is C17H13F3N4O3. The number of carbonyl (C=O) groups is 1. The average Bonchev–Trinajstić information content (AvgIpc) is 3.24. The molecule has 10 heteroatoms. The fourth-order valence-electron chi connectivity index (χ4n) is 2.30. The Balaban J connectivity index is 1.66. The van der Waals surface area contributed by atoms with E-state index in [2.05, 4.69) is 15.0 Å². The first-order chi connectivity index (χ1) is 12.8. The lowest BCUT2D eigenvalue weighted by Crippen LogP contribution is -2.17. The highest BCUT2D eigenvalue weighted by molar-refractivity contribution is 5.93. The molecule has 0 radical (unpaired) electrons. The van der Waals surface area contributed by atoms with Crippen molar-refractivity contribution in [2.75, 3.05) is 0 Å². The van der Waals surface area contributed by atoms with Gasteiger partial charge in [-0.2, -0.15) is 5.10 Å². The molecule has 0 aliphatic carbocycles. The first-order valence-corrected chi connectivity index (χ1v) is 7.59. The van der Waals surface area contributed by atoms with Gasteiger partial charge in [0, 0.05) is 19.4 Å². The Hall–Kier alpha value is -3.56. The minimum atomic E-state index is -4.76. The normalized spacial score (nSPS) is 11.7. The second-order valence-electron chi connectivity index (χ2n) is 5.33. The van der Waals surface area contributed by atoms with Crippen molar-refractivity contribution in [3.63, 3.8) is 0 Å². The molecular weight excluding hydrogens is 365 g/mol. The number of oxime groups is 1. The number of rotatable bonds is 5. The van der Waals surface area contributed by atoms with Gasteiger partial charge >= 0.3 is 12.3 Å². The predicted molar refractivity (Wildman–Crippen MR) is 88.7 cm³/mol. The SMILES string of the molecule is Cn1ncc(C(=O)O/N=C\c2ccc(OC(F)(F)F)cc2)c1-n1cccc1. The number of benzene rings is 1. The van der Waals surface area contributed by atoms with Crippen molar-refractivity contribution in [2.45, 2.75) is 6.36 Å². The van der Waals surface area contributed by atoms with E-state index in [1.54, 1.807) is 36.1 Å². The molecule has 0 aliphatic heterocycles. The zero-order valence-corrected chi connectivity index (χ0v) is 13.9. The fraction of sp³-hybridized carbons (Fsp3) is 0.118. The van der Waals surface area contributed by atoms with Gasteiger partial charge < -0.3 is 14.1 Å². The number of alkyl halides is 3. The largest absolute Gasteiger partial charge is 0.573 e. The highest BCUT2D eigenvalue weighted by Gasteiger charge is 2.30. The number of carbonyl (C=O) groups excluding carboxylic acids is 1. The van der Waals surface area contributed by atoms with Gasteiger partial charge in [0.15, 0.2) is 0 Å². The van der Waals surface area contributed by atoms with Crippen LogP contribution in [0, 0.1) is 0 Å². The van der Waals surface area contributed by atoms with Crippen LogP contribution in [0.25, 0.3) is 5.82 Å². The van der Waals surface area contributed by atoms with Crippen LogP contribution in [0.15, 0.2) is 60.1 Å². The van der Waals surface area contributed by atoms with Crippen molar-refractivity contribution in [1.29, 1.82) is 0 Å². The van der Waals surface area contributed by atoms with Crippen LogP contribution in [0.1, 0.15) is 15.9 Å². The molecule has 0 bridgehead atoms. The lowest BCUT2D eigenvalue weighted by Gasteiger charge is -2.08. The van der Waals surface area contributed by atoms with E-state index in [4.69, 9.17) is 4.84 Å². The smallest absolute Gasteiger partial charge is 0.406 e. The molecule has 0 amide bonds. The van der Waals surface area contributed by atoms with Crippen LogP contribution in [0.2, 0.25) is 0 Å². The molecule has 3 aromatic rings. The number of aryl methyl sites for hydroxylation is 1. The van der Waals surface area contributed by atoms with Gasteiger partial charge in [-0.3, -0.25) is 4.68 Å². The third-order valence-corrected chi connectivity index (χ3v) is 3.43. The highest BCUT2D eigenvalue weighted by Crippen LogP contribution is 2.22. The molecule has 0 fully saturated rings. The number of nitrogens with zero attached hydrogens (tertiary/aromatic N) is 4. The first-order valence-electron chi connectivity index (χ1n) is 7.59. The van der Waals surface area contributed by atoms with E-state index >= 15 is 0 Å². The predicted octanol–water partition coefficient (Wildman–Crippen LogP) is 3.30. The Kier molecular flexibility index (Phi) is 4.97. The van der Waals surface area contributed by atoms with Crippen molar-refractivity contribution >= 4 is 12.2 Å². The number of aromatic nitrogens is 3. The quantitative estimate of drug-likeness (QED) is 0.388. The third-order valence-electron chi connectivity index (χ3n) is 3.43. The lowest BCUT2D eigenvalue weighted by atomic mass is 10.2. The molecule has 0 spiro atoms. The lowest BCUT2D eigenvalue weighted by molar-refractivity contribution is -0.274. The molecule has 2 heterocycles. The van der Waals surface area contributed by atoms with Crippen LogP contribution in [-0.4, -0.2) is 32.9 Å². The Morgan fingerprint density at radius 2 is 1.85 bits per heavy atom. The summed E-state index contributed by atoms with van der Waals surface area (Å²) in [5, 5.41) is 7.61. The number of ether oxygens (including phenoxy) is 1. The fourth-order valence-corrected chi connectivity index (χ4v) is 2.30. The number of hydrogen-bond donors (Lipinski definition) is 0. The van der Waals surface area contributed by atoms with Crippen molar-refractivity contribution < 1.29 is 27.5 Å². The third kappa shape index (κ3) is 4.54. The minimum absolute atomic E-state index is 0.208. The summed E-state index contributed by atoms with van der Waals surface area (Å²) in [6, 6.07) is 8.53. The molecule has 7 nitrogen and oxygen atoms in total. The zero-order chi connectivity index (χ0) is 19.4. The van der Waals surface area contributed by atoms with E-state index in [1.807, 2.05) is 0 Å². The van der Waals surface area contributed by atoms with Gasteiger partial charge in [-0.05, 0) is 42.0 Å². The van der Waals surface area contributed by atoms with Gasteiger partial charge in [-0.1, -0.05) is 5.16 Å². The summed E-state index contributed by atoms with van der Waals surface area (Å²) in [5.74, 6) is -0.572. The van der Waals surface area contributed by atoms with E-state index in [0.29, 0.717) is 11.4 Å². The summed E-state index contributed by atoms with van der Waals surface area (Å²) in [4.78, 5) is 17.1. The Morgan fingerprint density at radius 1 is 1.19 bits per heavy atom. The molecule has 140 valence electrons. The monoisotopic (exact) mass is 378 g/mol. The van der Waals surface area contributed by atoms with E-state index in [-0.39, 0.29) is 11.3 Å². The summed E-state index contributed by atoms with van der Waals surface area (Å²) in [5.41, 5.74) is 0.633. The second-order valence-corrected chi connectivity index (χ2v) is 5.33. The molecule has 0 N–H and O–H groups in total. The van der Waals surface area contributed by atoms with Crippen LogP contribution in [0.4, 0.5) is 13.2 Å². The second kappa shape index (κ2) is 7.36. The van der Waals surface area contributed by atoms with Gasteiger partial charge in [0.2, 0.25) is 0 Å². The van der Waals surface area contributed by atoms with Crippen LogP contribution < -0.4 is 4.74 Å². The summed E-state index contributed by atoms with van der Waals surface area (Å²) in [6.07, 6.45) is 1.30. The molecule has 0 atom stereocenters. The van der Waals surface area contributed by atoms with Crippen LogP contribution in [0.3, 0.4) is 0 Å². The topological polar surface area (TPSA) is 70.6 Å². The van der Waals surface area contributed by atoms with E-state index in [9.17, 15) is 18.0 Å². The van der Waals surface area contributed by atoms with E-state index in [1.165, 1.54) is 29.2 Å². The maximum absolute atomic E-state index is 12.2. The molecule has 1 aromatic carbocycles. The van der Waals surface area contributed by atoms with Gasteiger partial charge in [-0.25, -0.2) is 4.79 Å². The summed E-state index contributed by atoms with van der Waals surface area (Å²) in [6.45, 7) is 0. The highest BCUT2D eigenvalue weighted by atomic mass is 19.4. The molecule has 2 aromatic heterocycles. The standard InChI is InChI=1S/C17H13F3N4O3/c1-23-15(24-8-2-3-9-24)14(11-21-23)16(25)27-22-10-12-4-6-13(7-5-12)26-17(18,19)20/h2-11H,1H3/b22-10-. The van der Waals surface area contributed by atoms with Gasteiger partial charge in [-0.15, -0.1) is 13.2 Å². The summed E-state index contributed by atoms with van der Waals surface area (Å²) < 4.78 is 43.3. The summed E-state index contributed by atoms with van der Waals surface area (Å²) >= 11 is 0. The number of hydrogen-bond acceptors (Lipinski definition) is 5. The molecule has 3 rings (SSSR count). The Bertz CT molecular complexity index is 945. The zero-order valence-electron chi connectivity index (χ0n) is 13.9. The molecule has 0 aliphatic rings. The Morgan fingerprint density at radius 3 is 2.48 bits per heavy atom. The maximum atomic E-state index is 12.2. The van der Waals surface area contributed by atoms with Gasteiger partial charge in [0.05, 0.1) is 12.4 Å². The maximum Gasteiger partial charge on any atom is 0.573 e. The van der Waals surface area contributed by atoms with Crippen LogP contribution in [0.5, 0.6) is 5.75 Å². The molecule has 0 saturated carbocycles. The van der Waals surface area contributed by atoms with Crippen molar-refractivity contribution in [3.8, 4) is 11.6 Å². The van der Waals surface area contributed by atoms with Gasteiger partial charge in [0.1, 0.15) is 17.1 Å².